The van der Waals surface area contributed by atoms with Gasteiger partial charge >= 0.3 is 0 Å². The summed E-state index contributed by atoms with van der Waals surface area (Å²) in [5, 5.41) is 2.70. The van der Waals surface area contributed by atoms with E-state index in [0.29, 0.717) is 36.9 Å². The zero-order valence-electron chi connectivity index (χ0n) is 15.8. The van der Waals surface area contributed by atoms with Gasteiger partial charge in [-0.2, -0.15) is 4.31 Å². The van der Waals surface area contributed by atoms with Crippen molar-refractivity contribution < 1.29 is 22.7 Å². The Morgan fingerprint density at radius 2 is 1.61 bits per heavy atom. The normalized spacial score (nSPS) is 14.6. The van der Waals surface area contributed by atoms with Crippen molar-refractivity contribution in [3.8, 4) is 11.5 Å². The first-order valence-electron chi connectivity index (χ1n) is 9.25. The number of nitrogens with zero attached hydrogens (tertiary/aromatic N) is 1. The van der Waals surface area contributed by atoms with Crippen LogP contribution in [0.3, 0.4) is 0 Å². The molecule has 1 saturated heterocycles. The van der Waals surface area contributed by atoms with E-state index in [1.165, 1.54) is 16.4 Å². The van der Waals surface area contributed by atoms with E-state index in [-0.39, 0.29) is 17.4 Å². The number of anilines is 1. The predicted octanol–water partition coefficient (Wildman–Crippen LogP) is 2.89. The standard InChI is InChI=1S/C20H24N2O5S/c1-2-26-18-7-3-4-8-19(18)27-15-20(23)21-16-9-11-17(12-10-16)28(24,25)22-13-5-6-14-22/h3-4,7-12H,2,5-6,13-15H2,1H3,(H,21,23). The Morgan fingerprint density at radius 1 is 1.00 bits per heavy atom. The molecule has 28 heavy (non-hydrogen) atoms. The topological polar surface area (TPSA) is 84.9 Å². The highest BCUT2D eigenvalue weighted by atomic mass is 32.2. The lowest BCUT2D eigenvalue weighted by Gasteiger charge is -2.15. The van der Waals surface area contributed by atoms with E-state index < -0.39 is 10.0 Å². The highest BCUT2D eigenvalue weighted by Crippen LogP contribution is 2.26. The van der Waals surface area contributed by atoms with Gasteiger partial charge in [0.25, 0.3) is 5.91 Å². The van der Waals surface area contributed by atoms with Gasteiger partial charge in [-0.25, -0.2) is 8.42 Å². The van der Waals surface area contributed by atoms with Gasteiger partial charge < -0.3 is 14.8 Å². The minimum Gasteiger partial charge on any atom is -0.490 e. The molecule has 1 amide bonds. The Kier molecular flexibility index (Phi) is 6.53. The zero-order chi connectivity index (χ0) is 20.0. The lowest BCUT2D eigenvalue weighted by Crippen LogP contribution is -2.27. The van der Waals surface area contributed by atoms with Gasteiger partial charge in [0.05, 0.1) is 11.5 Å². The Balaban J connectivity index is 1.58. The van der Waals surface area contributed by atoms with Crippen LogP contribution < -0.4 is 14.8 Å². The van der Waals surface area contributed by atoms with Gasteiger partial charge in [-0.1, -0.05) is 12.1 Å². The second kappa shape index (κ2) is 9.07. The fourth-order valence-corrected chi connectivity index (χ4v) is 4.49. The molecular formula is C20H24N2O5S. The first kappa shape index (κ1) is 20.2. The predicted molar refractivity (Wildman–Crippen MR) is 106 cm³/mol. The van der Waals surface area contributed by atoms with Crippen LogP contribution in [-0.4, -0.2) is 44.9 Å². The first-order valence-corrected chi connectivity index (χ1v) is 10.7. The molecule has 0 aliphatic carbocycles. The average Bonchev–Trinajstić information content (AvgIpc) is 3.24. The van der Waals surface area contributed by atoms with Crippen molar-refractivity contribution in [2.75, 3.05) is 31.6 Å². The molecule has 2 aromatic rings. The fraction of sp³-hybridized carbons (Fsp3) is 0.350. The maximum absolute atomic E-state index is 12.5. The van der Waals surface area contributed by atoms with Crippen LogP contribution >= 0.6 is 0 Å². The molecule has 1 aliphatic rings. The number of carbonyl (C=O) groups is 1. The summed E-state index contributed by atoms with van der Waals surface area (Å²) in [6, 6.07) is 13.3. The van der Waals surface area contributed by atoms with Gasteiger partial charge in [0.1, 0.15) is 0 Å². The summed E-state index contributed by atoms with van der Waals surface area (Å²) in [5.41, 5.74) is 0.507. The molecule has 0 saturated carbocycles. The van der Waals surface area contributed by atoms with Crippen molar-refractivity contribution in [3.63, 3.8) is 0 Å². The van der Waals surface area contributed by atoms with E-state index in [1.54, 1.807) is 30.3 Å². The minimum atomic E-state index is -3.46. The van der Waals surface area contributed by atoms with Gasteiger partial charge in [0.2, 0.25) is 10.0 Å². The van der Waals surface area contributed by atoms with Crippen LogP contribution in [0.25, 0.3) is 0 Å². The summed E-state index contributed by atoms with van der Waals surface area (Å²) < 4.78 is 37.5. The molecule has 7 nitrogen and oxygen atoms in total. The molecule has 0 spiro atoms. The van der Waals surface area contributed by atoms with E-state index in [2.05, 4.69) is 5.32 Å². The van der Waals surface area contributed by atoms with Crippen LogP contribution in [0.5, 0.6) is 11.5 Å². The maximum Gasteiger partial charge on any atom is 0.262 e. The van der Waals surface area contributed by atoms with Gasteiger partial charge in [0.15, 0.2) is 18.1 Å². The summed E-state index contributed by atoms with van der Waals surface area (Å²) in [7, 11) is -3.46. The maximum atomic E-state index is 12.5. The molecule has 8 heteroatoms. The van der Waals surface area contributed by atoms with Gasteiger partial charge in [-0.15, -0.1) is 0 Å². The second-order valence-corrected chi connectivity index (χ2v) is 8.29. The lowest BCUT2D eigenvalue weighted by molar-refractivity contribution is -0.118. The highest BCUT2D eigenvalue weighted by Gasteiger charge is 2.26. The monoisotopic (exact) mass is 404 g/mol. The third-order valence-corrected chi connectivity index (χ3v) is 6.26. The average molecular weight is 404 g/mol. The molecule has 0 aromatic heterocycles. The van der Waals surface area contributed by atoms with Crippen LogP contribution in [0.2, 0.25) is 0 Å². The molecule has 3 rings (SSSR count). The minimum absolute atomic E-state index is 0.183. The Bertz CT molecular complexity index is 906. The molecule has 1 fully saturated rings. The van der Waals surface area contributed by atoms with Gasteiger partial charge in [-0.3, -0.25) is 4.79 Å². The molecule has 0 unspecified atom stereocenters. The van der Waals surface area contributed by atoms with Crippen LogP contribution in [0.15, 0.2) is 53.4 Å². The second-order valence-electron chi connectivity index (χ2n) is 6.35. The van der Waals surface area contributed by atoms with Gasteiger partial charge in [-0.05, 0) is 56.2 Å². The lowest BCUT2D eigenvalue weighted by atomic mass is 10.3. The molecule has 1 heterocycles. The number of hydrogen-bond acceptors (Lipinski definition) is 5. The van der Waals surface area contributed by atoms with Crippen molar-refractivity contribution in [1.82, 2.24) is 4.31 Å². The van der Waals surface area contributed by atoms with Crippen molar-refractivity contribution in [2.45, 2.75) is 24.7 Å². The summed E-state index contributed by atoms with van der Waals surface area (Å²) in [4.78, 5) is 12.4. The molecule has 1 aliphatic heterocycles. The number of sulfonamides is 1. The molecule has 150 valence electrons. The number of hydrogen-bond donors (Lipinski definition) is 1. The number of rotatable bonds is 8. The summed E-state index contributed by atoms with van der Waals surface area (Å²) >= 11 is 0. The largest absolute Gasteiger partial charge is 0.490 e. The number of para-hydroxylation sites is 2. The third kappa shape index (κ3) is 4.82. The van der Waals surface area contributed by atoms with Crippen molar-refractivity contribution in [2.24, 2.45) is 0 Å². The molecule has 0 bridgehead atoms. The number of carbonyl (C=O) groups excluding carboxylic acids is 1. The smallest absolute Gasteiger partial charge is 0.262 e. The van der Waals surface area contributed by atoms with Crippen LogP contribution in [-0.2, 0) is 14.8 Å². The Morgan fingerprint density at radius 3 is 2.21 bits per heavy atom. The number of benzene rings is 2. The van der Waals surface area contributed by atoms with E-state index in [4.69, 9.17) is 9.47 Å². The molecular weight excluding hydrogens is 380 g/mol. The molecule has 0 atom stereocenters. The van der Waals surface area contributed by atoms with Crippen LogP contribution in [0, 0.1) is 0 Å². The summed E-state index contributed by atoms with van der Waals surface area (Å²) in [6.07, 6.45) is 1.78. The van der Waals surface area contributed by atoms with E-state index in [0.717, 1.165) is 12.8 Å². The van der Waals surface area contributed by atoms with E-state index in [9.17, 15) is 13.2 Å². The Labute approximate surface area is 165 Å². The summed E-state index contributed by atoms with van der Waals surface area (Å²) in [6.45, 7) is 3.30. The summed E-state index contributed by atoms with van der Waals surface area (Å²) in [5.74, 6) is 0.724. The first-order chi connectivity index (χ1) is 13.5. The molecule has 2 aromatic carbocycles. The molecule has 0 radical (unpaired) electrons. The third-order valence-electron chi connectivity index (χ3n) is 4.35. The van der Waals surface area contributed by atoms with Crippen LogP contribution in [0.4, 0.5) is 5.69 Å². The zero-order valence-corrected chi connectivity index (χ0v) is 16.6. The molecule has 1 N–H and O–H groups in total. The van der Waals surface area contributed by atoms with E-state index >= 15 is 0 Å². The SMILES string of the molecule is CCOc1ccccc1OCC(=O)Nc1ccc(S(=O)(=O)N2CCCC2)cc1. The number of ether oxygens (including phenoxy) is 2. The fourth-order valence-electron chi connectivity index (χ4n) is 2.97. The van der Waals surface area contributed by atoms with Gasteiger partial charge in [0, 0.05) is 18.8 Å². The Hall–Kier alpha value is -2.58. The van der Waals surface area contributed by atoms with E-state index in [1.807, 2.05) is 13.0 Å². The van der Waals surface area contributed by atoms with Crippen molar-refractivity contribution in [1.29, 1.82) is 0 Å². The number of nitrogens with one attached hydrogen (secondary N) is 1. The van der Waals surface area contributed by atoms with Crippen LogP contribution in [0.1, 0.15) is 19.8 Å². The van der Waals surface area contributed by atoms with Crippen molar-refractivity contribution in [3.05, 3.63) is 48.5 Å². The van der Waals surface area contributed by atoms with Crippen molar-refractivity contribution >= 4 is 21.6 Å². The quantitative estimate of drug-likeness (QED) is 0.731. The highest BCUT2D eigenvalue weighted by molar-refractivity contribution is 7.89. The number of amides is 1.